The highest BCUT2D eigenvalue weighted by molar-refractivity contribution is 5.67. The van der Waals surface area contributed by atoms with Crippen LogP contribution in [-0.4, -0.2) is 47.3 Å². The maximum Gasteiger partial charge on any atom is 0.303 e. The lowest BCUT2D eigenvalue weighted by Gasteiger charge is -2.34. The number of carboxylic acids is 1. The molecule has 18 heavy (non-hydrogen) atoms. The van der Waals surface area contributed by atoms with Gasteiger partial charge in [0.05, 0.1) is 11.7 Å². The number of piperidine rings is 1. The van der Waals surface area contributed by atoms with E-state index in [9.17, 15) is 4.79 Å². The molecule has 1 N–H and O–H groups in total. The molecule has 2 fully saturated rings. The summed E-state index contributed by atoms with van der Waals surface area (Å²) in [6.07, 6.45) is 5.09. The van der Waals surface area contributed by atoms with Gasteiger partial charge in [0, 0.05) is 19.5 Å². The van der Waals surface area contributed by atoms with Crippen LogP contribution in [0.5, 0.6) is 0 Å². The first-order valence-electron chi connectivity index (χ1n) is 7.06. The zero-order valence-corrected chi connectivity index (χ0v) is 11.5. The molecule has 2 heterocycles. The molecule has 0 aliphatic carbocycles. The molecule has 0 radical (unpaired) electrons. The third kappa shape index (κ3) is 3.95. The van der Waals surface area contributed by atoms with Crippen LogP contribution in [0.2, 0.25) is 0 Å². The van der Waals surface area contributed by atoms with E-state index < -0.39 is 5.97 Å². The fraction of sp³-hybridized carbons (Fsp3) is 0.929. The number of carboxylic acid groups (broad SMARTS) is 1. The Morgan fingerprint density at radius 3 is 2.83 bits per heavy atom. The van der Waals surface area contributed by atoms with Crippen LogP contribution in [0, 0.1) is 5.92 Å². The summed E-state index contributed by atoms with van der Waals surface area (Å²) in [5.74, 6) is -0.342. The minimum Gasteiger partial charge on any atom is -0.481 e. The Balaban J connectivity index is 1.77. The highest BCUT2D eigenvalue weighted by Gasteiger charge is 2.33. The quantitative estimate of drug-likeness (QED) is 0.836. The minimum absolute atomic E-state index is 0.0287. The zero-order valence-electron chi connectivity index (χ0n) is 11.5. The van der Waals surface area contributed by atoms with Crippen LogP contribution in [0.1, 0.15) is 46.0 Å². The van der Waals surface area contributed by atoms with Crippen LogP contribution in [-0.2, 0) is 9.53 Å². The van der Waals surface area contributed by atoms with Crippen LogP contribution in [0.15, 0.2) is 0 Å². The molecule has 104 valence electrons. The van der Waals surface area contributed by atoms with Gasteiger partial charge in [0.2, 0.25) is 0 Å². The first kappa shape index (κ1) is 13.8. The summed E-state index contributed by atoms with van der Waals surface area (Å²) >= 11 is 0. The fourth-order valence-corrected chi connectivity index (χ4v) is 3.22. The molecule has 0 aromatic heterocycles. The van der Waals surface area contributed by atoms with Crippen molar-refractivity contribution < 1.29 is 14.6 Å². The molecule has 0 aromatic rings. The van der Waals surface area contributed by atoms with Gasteiger partial charge in [-0.2, -0.15) is 0 Å². The van der Waals surface area contributed by atoms with E-state index in [1.807, 2.05) is 0 Å². The third-order valence-electron chi connectivity index (χ3n) is 4.08. The van der Waals surface area contributed by atoms with Crippen LogP contribution in [0.3, 0.4) is 0 Å². The molecule has 4 nitrogen and oxygen atoms in total. The molecular formula is C14H25NO3. The molecule has 2 unspecified atom stereocenters. The van der Waals surface area contributed by atoms with E-state index in [0.717, 1.165) is 45.3 Å². The number of aliphatic carboxylic acids is 1. The summed E-state index contributed by atoms with van der Waals surface area (Å²) < 4.78 is 6.01. The number of carbonyl (C=O) groups is 1. The van der Waals surface area contributed by atoms with E-state index in [2.05, 4.69) is 18.7 Å². The van der Waals surface area contributed by atoms with Gasteiger partial charge in [-0.25, -0.2) is 0 Å². The number of ether oxygens (including phenoxy) is 1. The van der Waals surface area contributed by atoms with E-state index in [1.54, 1.807) is 0 Å². The van der Waals surface area contributed by atoms with Crippen LogP contribution < -0.4 is 0 Å². The van der Waals surface area contributed by atoms with Crippen molar-refractivity contribution in [2.45, 2.75) is 57.7 Å². The lowest BCUT2D eigenvalue weighted by atomic mass is 9.94. The number of rotatable bonds is 4. The Bertz CT molecular complexity index is 303. The lowest BCUT2D eigenvalue weighted by molar-refractivity contribution is -0.138. The largest absolute Gasteiger partial charge is 0.481 e. The second-order valence-electron chi connectivity index (χ2n) is 6.40. The maximum absolute atomic E-state index is 10.8. The molecule has 0 bridgehead atoms. The molecule has 2 aliphatic heterocycles. The second-order valence-corrected chi connectivity index (χ2v) is 6.40. The zero-order chi connectivity index (χ0) is 13.2. The van der Waals surface area contributed by atoms with Gasteiger partial charge < -0.3 is 14.7 Å². The third-order valence-corrected chi connectivity index (χ3v) is 4.08. The molecular weight excluding hydrogens is 230 g/mol. The molecule has 2 atom stereocenters. The molecule has 4 heteroatoms. The van der Waals surface area contributed by atoms with Gasteiger partial charge in [-0.15, -0.1) is 0 Å². The summed E-state index contributed by atoms with van der Waals surface area (Å²) in [4.78, 5) is 13.2. The number of hydrogen-bond acceptors (Lipinski definition) is 3. The van der Waals surface area contributed by atoms with E-state index in [4.69, 9.17) is 9.84 Å². The first-order valence-corrected chi connectivity index (χ1v) is 7.06. The van der Waals surface area contributed by atoms with E-state index in [0.29, 0.717) is 18.4 Å². The predicted molar refractivity (Wildman–Crippen MR) is 69.6 cm³/mol. The molecule has 2 saturated heterocycles. The van der Waals surface area contributed by atoms with Gasteiger partial charge in [-0.3, -0.25) is 4.79 Å². The van der Waals surface area contributed by atoms with E-state index in [1.165, 1.54) is 0 Å². The van der Waals surface area contributed by atoms with E-state index >= 15 is 0 Å². The smallest absolute Gasteiger partial charge is 0.303 e. The molecule has 0 aromatic carbocycles. The lowest BCUT2D eigenvalue weighted by Crippen LogP contribution is -2.41. The Morgan fingerprint density at radius 1 is 1.44 bits per heavy atom. The van der Waals surface area contributed by atoms with Gasteiger partial charge in [0.25, 0.3) is 0 Å². The molecule has 2 rings (SSSR count). The summed E-state index contributed by atoms with van der Waals surface area (Å²) in [6, 6.07) is 0. The molecule has 2 aliphatic rings. The van der Waals surface area contributed by atoms with Crippen molar-refractivity contribution in [3.05, 3.63) is 0 Å². The highest BCUT2D eigenvalue weighted by atomic mass is 16.5. The number of nitrogens with zero attached hydrogens (tertiary/aromatic N) is 1. The van der Waals surface area contributed by atoms with Crippen molar-refractivity contribution >= 4 is 5.97 Å². The minimum atomic E-state index is -0.667. The monoisotopic (exact) mass is 255 g/mol. The standard InChI is InChI=1S/C14H25NO3/c1-14(2)6-5-12(18-14)10-15-7-3-4-11(9-15)8-13(16)17/h11-12H,3-10H2,1-2H3,(H,16,17). The molecule has 0 spiro atoms. The summed E-state index contributed by atoms with van der Waals surface area (Å²) in [6.45, 7) is 7.29. The van der Waals surface area contributed by atoms with Gasteiger partial charge >= 0.3 is 5.97 Å². The van der Waals surface area contributed by atoms with Crippen molar-refractivity contribution in [1.82, 2.24) is 4.90 Å². The van der Waals surface area contributed by atoms with Gasteiger partial charge in [0.1, 0.15) is 0 Å². The summed E-state index contributed by atoms with van der Waals surface area (Å²) in [5.41, 5.74) is 0.0287. The second kappa shape index (κ2) is 5.57. The Kier molecular flexibility index (Phi) is 4.28. The Hall–Kier alpha value is -0.610. The van der Waals surface area contributed by atoms with Gasteiger partial charge in [-0.05, 0) is 52.0 Å². The number of hydrogen-bond donors (Lipinski definition) is 1. The SMILES string of the molecule is CC1(C)CCC(CN2CCCC(CC(=O)O)C2)O1. The topological polar surface area (TPSA) is 49.8 Å². The van der Waals surface area contributed by atoms with Crippen molar-refractivity contribution in [3.63, 3.8) is 0 Å². The molecule has 0 saturated carbocycles. The van der Waals surface area contributed by atoms with Crippen LogP contribution >= 0.6 is 0 Å². The predicted octanol–water partition coefficient (Wildman–Crippen LogP) is 2.13. The van der Waals surface area contributed by atoms with E-state index in [-0.39, 0.29) is 5.60 Å². The Morgan fingerprint density at radius 2 is 2.22 bits per heavy atom. The normalized spacial score (nSPS) is 32.6. The fourth-order valence-electron chi connectivity index (χ4n) is 3.22. The van der Waals surface area contributed by atoms with Crippen molar-refractivity contribution in [3.8, 4) is 0 Å². The van der Waals surface area contributed by atoms with Gasteiger partial charge in [0.15, 0.2) is 0 Å². The van der Waals surface area contributed by atoms with Gasteiger partial charge in [-0.1, -0.05) is 0 Å². The van der Waals surface area contributed by atoms with Crippen molar-refractivity contribution in [1.29, 1.82) is 0 Å². The van der Waals surface area contributed by atoms with Crippen molar-refractivity contribution in [2.24, 2.45) is 5.92 Å². The maximum atomic E-state index is 10.8. The number of likely N-dealkylation sites (tertiary alicyclic amines) is 1. The van der Waals surface area contributed by atoms with Crippen molar-refractivity contribution in [2.75, 3.05) is 19.6 Å². The molecule has 0 amide bonds. The summed E-state index contributed by atoms with van der Waals surface area (Å²) in [5, 5.41) is 8.86. The Labute approximate surface area is 109 Å². The first-order chi connectivity index (χ1) is 8.44. The average Bonchev–Trinajstić information content (AvgIpc) is 2.57. The van der Waals surface area contributed by atoms with Crippen LogP contribution in [0.4, 0.5) is 0 Å². The average molecular weight is 255 g/mol. The highest BCUT2D eigenvalue weighted by Crippen LogP contribution is 2.30. The summed E-state index contributed by atoms with van der Waals surface area (Å²) in [7, 11) is 0. The van der Waals surface area contributed by atoms with Crippen LogP contribution in [0.25, 0.3) is 0 Å².